The van der Waals surface area contributed by atoms with E-state index in [9.17, 15) is 9.59 Å². The zero-order valence-corrected chi connectivity index (χ0v) is 8.57. The van der Waals surface area contributed by atoms with Crippen molar-refractivity contribution in [2.45, 2.75) is 13.8 Å². The number of esters is 1. The Hall–Kier alpha value is -1.98. The number of methoxy groups -OCH3 is 1. The van der Waals surface area contributed by atoms with E-state index in [0.29, 0.717) is 11.5 Å². The van der Waals surface area contributed by atoms with Gasteiger partial charge in [-0.1, -0.05) is 0 Å². The first-order valence-corrected chi connectivity index (χ1v) is 4.14. The molecule has 1 rings (SSSR count). The number of aromatic nitrogens is 2. The first-order chi connectivity index (χ1) is 6.97. The van der Waals surface area contributed by atoms with Gasteiger partial charge in [0.25, 0.3) is 0 Å². The number of carboxylic acids is 1. The van der Waals surface area contributed by atoms with Gasteiger partial charge in [-0.25, -0.2) is 19.6 Å². The maximum atomic E-state index is 11.3. The van der Waals surface area contributed by atoms with Crippen molar-refractivity contribution in [3.63, 3.8) is 0 Å². The number of carboxylic acid groups (broad SMARTS) is 1. The third-order valence-electron chi connectivity index (χ3n) is 1.79. The minimum absolute atomic E-state index is 0.101. The van der Waals surface area contributed by atoms with Gasteiger partial charge in [0.2, 0.25) is 0 Å². The highest BCUT2D eigenvalue weighted by molar-refractivity contribution is 6.01. The summed E-state index contributed by atoms with van der Waals surface area (Å²) < 4.78 is 4.47. The van der Waals surface area contributed by atoms with Gasteiger partial charge in [-0.15, -0.1) is 0 Å². The third-order valence-corrected chi connectivity index (χ3v) is 1.79. The van der Waals surface area contributed by atoms with E-state index in [1.165, 1.54) is 14.0 Å². The van der Waals surface area contributed by atoms with Gasteiger partial charge in [-0.2, -0.15) is 0 Å². The molecule has 0 aliphatic heterocycles. The zero-order valence-electron chi connectivity index (χ0n) is 8.57. The fourth-order valence-corrected chi connectivity index (χ4v) is 1.21. The molecule has 0 aliphatic carbocycles. The van der Waals surface area contributed by atoms with Crippen LogP contribution in [0.4, 0.5) is 0 Å². The maximum Gasteiger partial charge on any atom is 0.355 e. The van der Waals surface area contributed by atoms with Crippen molar-refractivity contribution in [2.24, 2.45) is 0 Å². The highest BCUT2D eigenvalue weighted by Gasteiger charge is 2.22. The number of aryl methyl sites for hydroxylation is 2. The predicted molar refractivity (Wildman–Crippen MR) is 49.8 cm³/mol. The SMILES string of the molecule is COC(=O)c1c(C)nc(C)nc1C(=O)O. The molecule has 1 aromatic heterocycles. The number of aromatic carboxylic acids is 1. The Morgan fingerprint density at radius 1 is 1.27 bits per heavy atom. The fourth-order valence-electron chi connectivity index (χ4n) is 1.21. The Balaban J connectivity index is 3.46. The van der Waals surface area contributed by atoms with Crippen molar-refractivity contribution >= 4 is 11.9 Å². The van der Waals surface area contributed by atoms with Gasteiger partial charge in [0.15, 0.2) is 5.69 Å². The average molecular weight is 210 g/mol. The second-order valence-electron chi connectivity index (χ2n) is 2.88. The number of hydrogen-bond acceptors (Lipinski definition) is 5. The van der Waals surface area contributed by atoms with Gasteiger partial charge in [-0.3, -0.25) is 0 Å². The number of nitrogens with zero attached hydrogens (tertiary/aromatic N) is 2. The standard InChI is InChI=1S/C9H10N2O4/c1-4-6(9(14)15-3)7(8(12)13)11-5(2)10-4/h1-3H3,(H,12,13). The molecule has 0 amide bonds. The van der Waals surface area contributed by atoms with Crippen LogP contribution in [0.25, 0.3) is 0 Å². The Morgan fingerprint density at radius 2 is 1.87 bits per heavy atom. The van der Waals surface area contributed by atoms with Crippen LogP contribution in [0.3, 0.4) is 0 Å². The van der Waals surface area contributed by atoms with Crippen LogP contribution >= 0.6 is 0 Å². The van der Waals surface area contributed by atoms with Gasteiger partial charge in [-0.05, 0) is 13.8 Å². The van der Waals surface area contributed by atoms with Crippen LogP contribution in [-0.2, 0) is 4.74 Å². The summed E-state index contributed by atoms with van der Waals surface area (Å²) in [5.41, 5.74) is -0.130. The van der Waals surface area contributed by atoms with E-state index in [-0.39, 0.29) is 11.3 Å². The molecule has 0 saturated heterocycles. The fraction of sp³-hybridized carbons (Fsp3) is 0.333. The highest BCUT2D eigenvalue weighted by atomic mass is 16.5. The molecule has 0 saturated carbocycles. The van der Waals surface area contributed by atoms with E-state index in [1.54, 1.807) is 6.92 Å². The lowest BCUT2D eigenvalue weighted by Crippen LogP contribution is -2.16. The molecule has 0 aliphatic rings. The minimum Gasteiger partial charge on any atom is -0.476 e. The molecule has 6 nitrogen and oxygen atoms in total. The Morgan fingerprint density at radius 3 is 2.33 bits per heavy atom. The summed E-state index contributed by atoms with van der Waals surface area (Å²) in [7, 11) is 1.17. The smallest absolute Gasteiger partial charge is 0.355 e. The van der Waals surface area contributed by atoms with E-state index in [2.05, 4.69) is 14.7 Å². The zero-order chi connectivity index (χ0) is 11.6. The van der Waals surface area contributed by atoms with E-state index in [0.717, 1.165) is 0 Å². The lowest BCUT2D eigenvalue weighted by Gasteiger charge is -2.06. The van der Waals surface area contributed by atoms with Gasteiger partial charge in [0, 0.05) is 0 Å². The lowest BCUT2D eigenvalue weighted by molar-refractivity contribution is 0.0578. The molecule has 0 spiro atoms. The molecule has 15 heavy (non-hydrogen) atoms. The summed E-state index contributed by atoms with van der Waals surface area (Å²) >= 11 is 0. The van der Waals surface area contributed by atoms with E-state index in [1.807, 2.05) is 0 Å². The Kier molecular flexibility index (Phi) is 2.99. The number of rotatable bonds is 2. The molecule has 1 heterocycles. The summed E-state index contributed by atoms with van der Waals surface area (Å²) in [4.78, 5) is 29.8. The topological polar surface area (TPSA) is 89.4 Å². The molecule has 80 valence electrons. The van der Waals surface area contributed by atoms with Crippen molar-refractivity contribution in [3.8, 4) is 0 Å². The molecule has 0 atom stereocenters. The van der Waals surface area contributed by atoms with Crippen LogP contribution in [-0.4, -0.2) is 34.1 Å². The second kappa shape index (κ2) is 4.04. The van der Waals surface area contributed by atoms with Crippen LogP contribution in [0, 0.1) is 13.8 Å². The van der Waals surface area contributed by atoms with Gasteiger partial charge < -0.3 is 9.84 Å². The molecule has 0 fully saturated rings. The molecule has 0 aromatic carbocycles. The summed E-state index contributed by atoms with van der Waals surface area (Å²) in [6.07, 6.45) is 0. The van der Waals surface area contributed by atoms with Crippen LogP contribution in [0.5, 0.6) is 0 Å². The van der Waals surface area contributed by atoms with Crippen molar-refractivity contribution < 1.29 is 19.4 Å². The van der Waals surface area contributed by atoms with Crippen LogP contribution in [0.1, 0.15) is 32.4 Å². The average Bonchev–Trinajstić information content (AvgIpc) is 2.15. The first-order valence-electron chi connectivity index (χ1n) is 4.14. The molecular formula is C9H10N2O4. The first kappa shape index (κ1) is 11.1. The molecule has 0 bridgehead atoms. The molecule has 6 heteroatoms. The quantitative estimate of drug-likeness (QED) is 0.718. The summed E-state index contributed by atoms with van der Waals surface area (Å²) in [5.74, 6) is -1.72. The van der Waals surface area contributed by atoms with E-state index in [4.69, 9.17) is 5.11 Å². The Bertz CT molecular complexity index is 428. The van der Waals surface area contributed by atoms with Crippen molar-refractivity contribution in [3.05, 3.63) is 22.8 Å². The second-order valence-corrected chi connectivity index (χ2v) is 2.88. The van der Waals surface area contributed by atoms with Gasteiger partial charge in [0.05, 0.1) is 12.8 Å². The monoisotopic (exact) mass is 210 g/mol. The molecule has 0 radical (unpaired) electrons. The normalized spacial score (nSPS) is 9.80. The minimum atomic E-state index is -1.27. The third kappa shape index (κ3) is 2.09. The number of carbonyl (C=O) groups excluding carboxylic acids is 1. The van der Waals surface area contributed by atoms with Gasteiger partial charge >= 0.3 is 11.9 Å². The number of carbonyl (C=O) groups is 2. The van der Waals surface area contributed by atoms with E-state index < -0.39 is 11.9 Å². The summed E-state index contributed by atoms with van der Waals surface area (Å²) in [5, 5.41) is 8.86. The van der Waals surface area contributed by atoms with Crippen molar-refractivity contribution in [1.82, 2.24) is 9.97 Å². The van der Waals surface area contributed by atoms with Crippen LogP contribution < -0.4 is 0 Å². The molecule has 1 aromatic rings. The van der Waals surface area contributed by atoms with Crippen molar-refractivity contribution in [2.75, 3.05) is 7.11 Å². The maximum absolute atomic E-state index is 11.3. The van der Waals surface area contributed by atoms with Crippen LogP contribution in [0.15, 0.2) is 0 Å². The number of hydrogen-bond donors (Lipinski definition) is 1. The van der Waals surface area contributed by atoms with Crippen molar-refractivity contribution in [1.29, 1.82) is 0 Å². The summed E-state index contributed by atoms with van der Waals surface area (Å²) in [6, 6.07) is 0. The largest absolute Gasteiger partial charge is 0.476 e. The van der Waals surface area contributed by atoms with E-state index >= 15 is 0 Å². The van der Waals surface area contributed by atoms with Gasteiger partial charge in [0.1, 0.15) is 11.4 Å². The molecule has 1 N–H and O–H groups in total. The Labute approximate surface area is 85.9 Å². The highest BCUT2D eigenvalue weighted by Crippen LogP contribution is 2.12. The van der Waals surface area contributed by atoms with Crippen LogP contribution in [0.2, 0.25) is 0 Å². The molecule has 0 unspecified atom stereocenters. The summed E-state index contributed by atoms with van der Waals surface area (Å²) in [6.45, 7) is 3.09. The lowest BCUT2D eigenvalue weighted by atomic mass is 10.1. The predicted octanol–water partition coefficient (Wildman–Crippen LogP) is 0.578. The molecular weight excluding hydrogens is 200 g/mol. The number of ether oxygens (including phenoxy) is 1.